The number of benzene rings is 2. The van der Waals surface area contributed by atoms with E-state index in [2.05, 4.69) is 6.07 Å². The van der Waals surface area contributed by atoms with E-state index < -0.39 is 27.6 Å². The van der Waals surface area contributed by atoms with Gasteiger partial charge in [-0.1, -0.05) is 30.3 Å². The quantitative estimate of drug-likeness (QED) is 0.499. The number of non-ortho nitro benzene ring substituents is 1. The standard InChI is InChI=1S/C23H21N3O5S/c1-3-25-15(2)19(13-24)21(16-8-7-9-17(12-16)26(29)30)22(23(27)28)20(25)14-32(31)18-10-5-4-6-11-18/h4-12,21H,3,14H2,1-2H3,(H,27,28). The maximum absolute atomic E-state index is 13.1. The molecule has 0 amide bonds. The highest BCUT2D eigenvalue weighted by molar-refractivity contribution is 7.85. The summed E-state index contributed by atoms with van der Waals surface area (Å²) in [6.45, 7) is 3.89. The molecule has 0 fully saturated rings. The first-order chi connectivity index (χ1) is 15.3. The molecule has 0 radical (unpaired) electrons. The molecule has 1 aliphatic heterocycles. The number of carbonyl (C=O) groups is 1. The van der Waals surface area contributed by atoms with E-state index in [1.165, 1.54) is 18.2 Å². The first-order valence-corrected chi connectivity index (χ1v) is 11.1. The SMILES string of the molecule is CCN1C(C)=C(C#N)C(c2cccc([N+](=O)[O-])c2)C(C(=O)O)=C1CS(=O)c1ccccc1. The summed E-state index contributed by atoms with van der Waals surface area (Å²) in [4.78, 5) is 25.4. The average Bonchev–Trinajstić information content (AvgIpc) is 2.79. The molecule has 0 bridgehead atoms. The topological polar surface area (TPSA) is 125 Å². The molecule has 9 heteroatoms. The Balaban J connectivity index is 2.23. The van der Waals surface area contributed by atoms with Crippen LogP contribution in [0.5, 0.6) is 0 Å². The second-order valence-corrected chi connectivity index (χ2v) is 8.56. The van der Waals surface area contributed by atoms with E-state index in [9.17, 15) is 29.5 Å². The van der Waals surface area contributed by atoms with E-state index >= 15 is 0 Å². The van der Waals surface area contributed by atoms with Gasteiger partial charge in [0.2, 0.25) is 0 Å². The van der Waals surface area contributed by atoms with Crippen LogP contribution >= 0.6 is 0 Å². The van der Waals surface area contributed by atoms with E-state index in [-0.39, 0.29) is 22.6 Å². The number of nitro benzene ring substituents is 1. The molecule has 0 aromatic heterocycles. The summed E-state index contributed by atoms with van der Waals surface area (Å²) in [7, 11) is -1.53. The first-order valence-electron chi connectivity index (χ1n) is 9.82. The van der Waals surface area contributed by atoms with Gasteiger partial charge in [0.15, 0.2) is 0 Å². The predicted molar refractivity (Wildman–Crippen MR) is 119 cm³/mol. The zero-order chi connectivity index (χ0) is 23.4. The summed E-state index contributed by atoms with van der Waals surface area (Å²) >= 11 is 0. The van der Waals surface area contributed by atoms with Crippen LogP contribution in [-0.2, 0) is 15.6 Å². The van der Waals surface area contributed by atoms with Crippen LogP contribution in [0.4, 0.5) is 5.69 Å². The largest absolute Gasteiger partial charge is 0.478 e. The van der Waals surface area contributed by atoms with Crippen LogP contribution in [0.3, 0.4) is 0 Å². The van der Waals surface area contributed by atoms with Crippen molar-refractivity contribution in [3.63, 3.8) is 0 Å². The third-order valence-corrected chi connectivity index (χ3v) is 6.70. The van der Waals surface area contributed by atoms with Crippen molar-refractivity contribution in [1.82, 2.24) is 4.90 Å². The van der Waals surface area contributed by atoms with Crippen molar-refractivity contribution in [3.8, 4) is 6.07 Å². The van der Waals surface area contributed by atoms with Crippen LogP contribution in [0.15, 0.2) is 82.0 Å². The van der Waals surface area contributed by atoms with E-state index in [4.69, 9.17) is 0 Å². The summed E-state index contributed by atoms with van der Waals surface area (Å²) in [5.41, 5.74) is 1.09. The van der Waals surface area contributed by atoms with Crippen LogP contribution in [-0.4, -0.2) is 37.4 Å². The number of hydrogen-bond acceptors (Lipinski definition) is 6. The number of nitro groups is 1. The molecule has 0 saturated carbocycles. The molecule has 0 aliphatic carbocycles. The lowest BCUT2D eigenvalue weighted by Crippen LogP contribution is -2.35. The van der Waals surface area contributed by atoms with Gasteiger partial charge < -0.3 is 10.0 Å². The molecule has 1 aliphatic rings. The van der Waals surface area contributed by atoms with E-state index in [1.807, 2.05) is 6.92 Å². The Morgan fingerprint density at radius 1 is 1.25 bits per heavy atom. The van der Waals surface area contributed by atoms with Crippen molar-refractivity contribution >= 4 is 22.5 Å². The fraction of sp³-hybridized carbons (Fsp3) is 0.217. The minimum absolute atomic E-state index is 0.0685. The van der Waals surface area contributed by atoms with Crippen molar-refractivity contribution in [3.05, 3.63) is 92.8 Å². The van der Waals surface area contributed by atoms with Crippen molar-refractivity contribution in [2.45, 2.75) is 24.7 Å². The molecule has 8 nitrogen and oxygen atoms in total. The monoisotopic (exact) mass is 451 g/mol. The van der Waals surface area contributed by atoms with Crippen molar-refractivity contribution in [2.24, 2.45) is 0 Å². The Kier molecular flexibility index (Phi) is 6.85. The molecule has 164 valence electrons. The maximum Gasteiger partial charge on any atom is 0.334 e. The average molecular weight is 452 g/mol. The van der Waals surface area contributed by atoms with Gasteiger partial charge >= 0.3 is 5.97 Å². The number of nitriles is 1. The van der Waals surface area contributed by atoms with Gasteiger partial charge in [-0.25, -0.2) is 4.79 Å². The molecular formula is C23H21N3O5S. The fourth-order valence-electron chi connectivity index (χ4n) is 3.92. The summed E-state index contributed by atoms with van der Waals surface area (Å²) in [5.74, 6) is -2.34. The zero-order valence-corrected chi connectivity index (χ0v) is 18.3. The molecule has 1 N–H and O–H groups in total. The van der Waals surface area contributed by atoms with Gasteiger partial charge in [-0.2, -0.15) is 5.26 Å². The Morgan fingerprint density at radius 2 is 1.94 bits per heavy atom. The number of carboxylic acid groups (broad SMARTS) is 1. The lowest BCUT2D eigenvalue weighted by molar-refractivity contribution is -0.384. The molecule has 2 aromatic carbocycles. The predicted octanol–water partition coefficient (Wildman–Crippen LogP) is 3.96. The van der Waals surface area contributed by atoms with E-state index in [1.54, 1.807) is 48.2 Å². The third-order valence-electron chi connectivity index (χ3n) is 5.36. The number of carboxylic acids is 1. The number of hydrogen-bond donors (Lipinski definition) is 1. The van der Waals surface area contributed by atoms with Crippen molar-refractivity contribution < 1.29 is 19.0 Å². The maximum atomic E-state index is 13.1. The Hall–Kier alpha value is -3.77. The molecule has 2 unspecified atom stereocenters. The lowest BCUT2D eigenvalue weighted by Gasteiger charge is -2.37. The van der Waals surface area contributed by atoms with Gasteiger partial charge in [-0.05, 0) is 31.5 Å². The lowest BCUT2D eigenvalue weighted by atomic mass is 9.80. The van der Waals surface area contributed by atoms with Gasteiger partial charge in [-0.15, -0.1) is 0 Å². The second kappa shape index (κ2) is 9.58. The van der Waals surface area contributed by atoms with Gasteiger partial charge in [-0.3, -0.25) is 14.3 Å². The molecule has 3 rings (SSSR count). The smallest absolute Gasteiger partial charge is 0.334 e. The highest BCUT2D eigenvalue weighted by Gasteiger charge is 2.38. The minimum atomic E-state index is -1.53. The highest BCUT2D eigenvalue weighted by atomic mass is 32.2. The van der Waals surface area contributed by atoms with Gasteiger partial charge in [0.05, 0.1) is 44.6 Å². The number of allylic oxidation sites excluding steroid dienone is 2. The fourth-order valence-corrected chi connectivity index (χ4v) is 5.11. The molecule has 1 heterocycles. The van der Waals surface area contributed by atoms with Crippen molar-refractivity contribution in [2.75, 3.05) is 12.3 Å². The minimum Gasteiger partial charge on any atom is -0.478 e. The van der Waals surface area contributed by atoms with Gasteiger partial charge in [0, 0.05) is 35.0 Å². The van der Waals surface area contributed by atoms with Crippen LogP contribution in [0.1, 0.15) is 25.3 Å². The summed E-state index contributed by atoms with van der Waals surface area (Å²) in [6.07, 6.45) is 0. The molecule has 32 heavy (non-hydrogen) atoms. The third kappa shape index (κ3) is 4.31. The zero-order valence-electron chi connectivity index (χ0n) is 17.5. The van der Waals surface area contributed by atoms with Crippen LogP contribution in [0.25, 0.3) is 0 Å². The number of rotatable bonds is 7. The van der Waals surface area contributed by atoms with E-state index in [0.717, 1.165) is 0 Å². The molecule has 0 saturated heterocycles. The first kappa shape index (κ1) is 22.9. The van der Waals surface area contributed by atoms with E-state index in [0.29, 0.717) is 28.4 Å². The van der Waals surface area contributed by atoms with Crippen LogP contribution < -0.4 is 0 Å². The Bertz CT molecular complexity index is 1200. The molecule has 0 spiro atoms. The summed E-state index contributed by atoms with van der Waals surface area (Å²) < 4.78 is 13.1. The summed E-state index contributed by atoms with van der Waals surface area (Å²) in [5, 5.41) is 31.3. The molecular weight excluding hydrogens is 430 g/mol. The van der Waals surface area contributed by atoms with Gasteiger partial charge in [0.1, 0.15) is 0 Å². The Labute approximate surface area is 187 Å². The molecule has 2 aromatic rings. The number of aliphatic carboxylic acids is 1. The van der Waals surface area contributed by atoms with Gasteiger partial charge in [0.25, 0.3) is 5.69 Å². The number of nitrogens with zero attached hydrogens (tertiary/aromatic N) is 3. The Morgan fingerprint density at radius 3 is 2.50 bits per heavy atom. The van der Waals surface area contributed by atoms with Crippen LogP contribution in [0.2, 0.25) is 0 Å². The van der Waals surface area contributed by atoms with Crippen molar-refractivity contribution in [1.29, 1.82) is 5.26 Å². The highest BCUT2D eigenvalue weighted by Crippen LogP contribution is 2.42. The second-order valence-electron chi connectivity index (χ2n) is 7.11. The van der Waals surface area contributed by atoms with Crippen LogP contribution in [0, 0.1) is 21.4 Å². The molecule has 2 atom stereocenters. The normalized spacial score (nSPS) is 17.2. The summed E-state index contributed by atoms with van der Waals surface area (Å²) in [6, 6.07) is 16.4.